The van der Waals surface area contributed by atoms with Crippen molar-refractivity contribution in [2.75, 3.05) is 0 Å². The van der Waals surface area contributed by atoms with Gasteiger partial charge in [-0.15, -0.1) is 0 Å². The van der Waals surface area contributed by atoms with E-state index in [2.05, 4.69) is 12.2 Å². The van der Waals surface area contributed by atoms with Crippen LogP contribution in [0.2, 0.25) is 0 Å². The lowest BCUT2D eigenvalue weighted by Crippen LogP contribution is -2.37. The van der Waals surface area contributed by atoms with E-state index >= 15 is 0 Å². The molecule has 0 aromatic heterocycles. The van der Waals surface area contributed by atoms with Gasteiger partial charge < -0.3 is 5.32 Å². The number of unbranched alkanes of at least 4 members (excludes halogenated alkanes) is 1. The second-order valence-electron chi connectivity index (χ2n) is 7.03. The van der Waals surface area contributed by atoms with Crippen LogP contribution in [0.4, 0.5) is 0 Å². The second-order valence-corrected chi connectivity index (χ2v) is 9.54. The lowest BCUT2D eigenvalue weighted by molar-refractivity contribution is 0.0926. The zero-order valence-electron chi connectivity index (χ0n) is 14.9. The van der Waals surface area contributed by atoms with Gasteiger partial charge in [-0.05, 0) is 63.3 Å². The molecule has 2 atom stereocenters. The third-order valence-electron chi connectivity index (χ3n) is 4.97. The minimum Gasteiger partial charge on any atom is -0.349 e. The first-order valence-corrected chi connectivity index (χ1v) is 10.6. The number of benzene rings is 1. The fourth-order valence-electron chi connectivity index (χ4n) is 3.36. The standard InChI is InChI=1S/C19H29NO3S/c1-4-5-7-15-8-6-9-18(15)20-19(21)16-10-12-17(13-11-16)24(22,23)14(2)3/h10-15,18H,4-9H2,1-3H3,(H,20,21). The summed E-state index contributed by atoms with van der Waals surface area (Å²) in [4.78, 5) is 12.7. The van der Waals surface area contributed by atoms with E-state index < -0.39 is 15.1 Å². The molecule has 5 heteroatoms. The number of rotatable bonds is 7. The molecule has 1 saturated carbocycles. The van der Waals surface area contributed by atoms with Gasteiger partial charge in [0.1, 0.15) is 0 Å². The lowest BCUT2D eigenvalue weighted by Gasteiger charge is -2.21. The number of hydrogen-bond acceptors (Lipinski definition) is 3. The van der Waals surface area contributed by atoms with Crippen LogP contribution in [0.15, 0.2) is 29.2 Å². The first-order valence-electron chi connectivity index (χ1n) is 9.01. The van der Waals surface area contributed by atoms with Crippen LogP contribution >= 0.6 is 0 Å². The molecule has 134 valence electrons. The number of carbonyl (C=O) groups excluding carboxylic acids is 1. The van der Waals surface area contributed by atoms with E-state index in [-0.39, 0.29) is 16.8 Å². The molecule has 0 saturated heterocycles. The zero-order chi connectivity index (χ0) is 17.7. The fraction of sp³-hybridized carbons (Fsp3) is 0.632. The van der Waals surface area contributed by atoms with Crippen molar-refractivity contribution < 1.29 is 13.2 Å². The van der Waals surface area contributed by atoms with E-state index in [1.54, 1.807) is 26.0 Å². The molecule has 1 fully saturated rings. The van der Waals surface area contributed by atoms with Crippen molar-refractivity contribution >= 4 is 15.7 Å². The van der Waals surface area contributed by atoms with Crippen LogP contribution in [0.5, 0.6) is 0 Å². The van der Waals surface area contributed by atoms with Gasteiger partial charge in [0.2, 0.25) is 0 Å². The second kappa shape index (κ2) is 8.15. The smallest absolute Gasteiger partial charge is 0.251 e. The Bertz CT molecular complexity index is 650. The van der Waals surface area contributed by atoms with E-state index in [1.165, 1.54) is 44.2 Å². The van der Waals surface area contributed by atoms with E-state index in [9.17, 15) is 13.2 Å². The van der Waals surface area contributed by atoms with Crippen molar-refractivity contribution in [3.63, 3.8) is 0 Å². The number of amides is 1. The highest BCUT2D eigenvalue weighted by Crippen LogP contribution is 2.30. The van der Waals surface area contributed by atoms with Gasteiger partial charge in [-0.2, -0.15) is 0 Å². The molecule has 0 bridgehead atoms. The molecule has 1 amide bonds. The predicted octanol–water partition coefficient (Wildman–Crippen LogP) is 3.96. The Kier molecular flexibility index (Phi) is 6.44. The van der Waals surface area contributed by atoms with E-state index in [0.717, 1.165) is 6.42 Å². The Balaban J connectivity index is 2.03. The molecule has 1 aromatic rings. The number of carbonyl (C=O) groups is 1. The molecule has 2 rings (SSSR count). The van der Waals surface area contributed by atoms with Crippen molar-refractivity contribution in [3.8, 4) is 0 Å². The van der Waals surface area contributed by atoms with Crippen LogP contribution < -0.4 is 5.32 Å². The Labute approximate surface area is 146 Å². The highest BCUT2D eigenvalue weighted by molar-refractivity contribution is 7.92. The van der Waals surface area contributed by atoms with Crippen molar-refractivity contribution in [2.24, 2.45) is 5.92 Å². The van der Waals surface area contributed by atoms with E-state index in [4.69, 9.17) is 0 Å². The number of nitrogens with one attached hydrogen (secondary N) is 1. The van der Waals surface area contributed by atoms with Crippen molar-refractivity contribution in [3.05, 3.63) is 29.8 Å². The summed E-state index contributed by atoms with van der Waals surface area (Å²) in [6, 6.07) is 6.55. The molecule has 24 heavy (non-hydrogen) atoms. The van der Waals surface area contributed by atoms with Gasteiger partial charge in [-0.3, -0.25) is 4.79 Å². The average Bonchev–Trinajstić information content (AvgIpc) is 2.99. The molecular weight excluding hydrogens is 322 g/mol. The fourth-order valence-corrected chi connectivity index (χ4v) is 4.42. The monoisotopic (exact) mass is 351 g/mol. The molecule has 4 nitrogen and oxygen atoms in total. The number of hydrogen-bond donors (Lipinski definition) is 1. The SMILES string of the molecule is CCCCC1CCCC1NC(=O)c1ccc(S(=O)(=O)C(C)C)cc1. The molecule has 2 unspecified atom stereocenters. The Morgan fingerprint density at radius 2 is 1.88 bits per heavy atom. The highest BCUT2D eigenvalue weighted by Gasteiger charge is 2.28. The van der Waals surface area contributed by atoms with Gasteiger partial charge in [0, 0.05) is 11.6 Å². The Hall–Kier alpha value is -1.36. The van der Waals surface area contributed by atoms with Gasteiger partial charge in [-0.1, -0.05) is 26.2 Å². The molecule has 1 aliphatic carbocycles. The summed E-state index contributed by atoms with van der Waals surface area (Å²) in [5, 5.41) is 2.68. The van der Waals surface area contributed by atoms with Crippen molar-refractivity contribution in [1.29, 1.82) is 0 Å². The topological polar surface area (TPSA) is 63.2 Å². The molecule has 0 radical (unpaired) electrons. The third-order valence-corrected chi connectivity index (χ3v) is 7.14. The first-order chi connectivity index (χ1) is 11.4. The maximum Gasteiger partial charge on any atom is 0.251 e. The van der Waals surface area contributed by atoms with Crippen LogP contribution in [-0.2, 0) is 9.84 Å². The largest absolute Gasteiger partial charge is 0.349 e. The minimum atomic E-state index is -3.29. The highest BCUT2D eigenvalue weighted by atomic mass is 32.2. The molecule has 0 spiro atoms. The molecule has 1 aliphatic rings. The predicted molar refractivity (Wildman–Crippen MR) is 96.9 cm³/mol. The van der Waals surface area contributed by atoms with Crippen LogP contribution in [-0.4, -0.2) is 25.6 Å². The average molecular weight is 352 g/mol. The Morgan fingerprint density at radius 3 is 2.46 bits per heavy atom. The summed E-state index contributed by atoms with van der Waals surface area (Å²) in [5.74, 6) is 0.478. The van der Waals surface area contributed by atoms with Crippen molar-refractivity contribution in [1.82, 2.24) is 5.32 Å². The summed E-state index contributed by atoms with van der Waals surface area (Å²) >= 11 is 0. The maximum atomic E-state index is 12.5. The van der Waals surface area contributed by atoms with Gasteiger partial charge in [0.25, 0.3) is 5.91 Å². The quantitative estimate of drug-likeness (QED) is 0.809. The van der Waals surface area contributed by atoms with Crippen molar-refractivity contribution in [2.45, 2.75) is 75.5 Å². The summed E-state index contributed by atoms with van der Waals surface area (Å²) < 4.78 is 24.3. The summed E-state index contributed by atoms with van der Waals surface area (Å²) in [6.45, 7) is 5.51. The third kappa shape index (κ3) is 4.38. The van der Waals surface area contributed by atoms with Gasteiger partial charge in [0.15, 0.2) is 9.84 Å². The van der Waals surface area contributed by atoms with E-state index in [1.807, 2.05) is 0 Å². The molecule has 0 heterocycles. The first kappa shape index (κ1) is 19.0. The maximum absolute atomic E-state index is 12.5. The molecule has 0 aliphatic heterocycles. The lowest BCUT2D eigenvalue weighted by atomic mass is 9.96. The van der Waals surface area contributed by atoms with Gasteiger partial charge in [-0.25, -0.2) is 8.42 Å². The van der Waals surface area contributed by atoms with Crippen LogP contribution in [0.1, 0.15) is 69.7 Å². The molecular formula is C19H29NO3S. The molecule has 1 aromatic carbocycles. The van der Waals surface area contributed by atoms with Crippen LogP contribution in [0.3, 0.4) is 0 Å². The van der Waals surface area contributed by atoms with Crippen LogP contribution in [0.25, 0.3) is 0 Å². The number of sulfone groups is 1. The van der Waals surface area contributed by atoms with Gasteiger partial charge in [0.05, 0.1) is 10.1 Å². The summed E-state index contributed by atoms with van der Waals surface area (Å²) in [5.41, 5.74) is 0.527. The normalized spacial score (nSPS) is 21.2. The minimum absolute atomic E-state index is 0.100. The van der Waals surface area contributed by atoms with Gasteiger partial charge >= 0.3 is 0 Å². The Morgan fingerprint density at radius 1 is 1.21 bits per heavy atom. The van der Waals surface area contributed by atoms with Crippen LogP contribution in [0, 0.1) is 5.92 Å². The zero-order valence-corrected chi connectivity index (χ0v) is 15.7. The summed E-state index contributed by atoms with van der Waals surface area (Å²) in [7, 11) is -3.29. The molecule has 1 N–H and O–H groups in total. The summed E-state index contributed by atoms with van der Waals surface area (Å²) in [6.07, 6.45) is 6.97. The van der Waals surface area contributed by atoms with E-state index in [0.29, 0.717) is 11.5 Å².